The summed E-state index contributed by atoms with van der Waals surface area (Å²) in [6.45, 7) is -0.324. The van der Waals surface area contributed by atoms with Gasteiger partial charge in [-0.05, 0) is 24.3 Å². The maximum Gasteiger partial charge on any atom is 0.331 e. The van der Waals surface area contributed by atoms with Crippen molar-refractivity contribution >= 4 is 23.6 Å². The summed E-state index contributed by atoms with van der Waals surface area (Å²) in [6, 6.07) is 1.18. The van der Waals surface area contributed by atoms with Crippen molar-refractivity contribution in [1.82, 2.24) is 14.5 Å². The average Bonchev–Trinajstić information content (AvgIpc) is 2.48. The molecule has 9 heteroatoms. The Labute approximate surface area is 130 Å². The highest BCUT2D eigenvalue weighted by Crippen LogP contribution is 2.27. The summed E-state index contributed by atoms with van der Waals surface area (Å²) in [5.41, 5.74) is -2.36. The number of amides is 1. The summed E-state index contributed by atoms with van der Waals surface area (Å²) in [6.07, 6.45) is 1.93. The topological polar surface area (TPSA) is 110 Å². The van der Waals surface area contributed by atoms with Crippen LogP contribution in [0.1, 0.15) is 12.8 Å². The van der Waals surface area contributed by atoms with Crippen LogP contribution < -0.4 is 16.6 Å². The molecule has 0 atom stereocenters. The number of carbonyl (C=O) groups excluding carboxylic acids is 1. The fourth-order valence-electron chi connectivity index (χ4n) is 2.31. The molecule has 0 saturated carbocycles. The van der Waals surface area contributed by atoms with Gasteiger partial charge >= 0.3 is 11.7 Å². The number of hydrogen-bond acceptors (Lipinski definition) is 5. The van der Waals surface area contributed by atoms with Gasteiger partial charge in [0.25, 0.3) is 5.56 Å². The second kappa shape index (κ2) is 6.39. The van der Waals surface area contributed by atoms with Crippen molar-refractivity contribution in [2.24, 2.45) is 7.05 Å². The molecule has 1 saturated heterocycles. The number of carboxylic acids is 1. The van der Waals surface area contributed by atoms with E-state index >= 15 is 0 Å². The molecule has 2 heterocycles. The van der Waals surface area contributed by atoms with Gasteiger partial charge in [-0.1, -0.05) is 0 Å². The third-order valence-corrected chi connectivity index (χ3v) is 4.69. The second-order valence-corrected chi connectivity index (χ2v) is 6.40. The molecular weight excluding hydrogens is 310 g/mol. The molecule has 0 aromatic carbocycles. The highest BCUT2D eigenvalue weighted by Gasteiger charge is 2.41. The van der Waals surface area contributed by atoms with Crippen LogP contribution >= 0.6 is 11.8 Å². The standard InChI is InChI=1S/C13H17N3O5S/c1-15-10(18)2-5-16(12(15)21)8-9(17)14-13(11(19)20)3-6-22-7-4-13/h2,5H,3-4,6-8H2,1H3,(H,14,17)(H,19,20). The maximum absolute atomic E-state index is 12.1. The van der Waals surface area contributed by atoms with Gasteiger partial charge in [0.1, 0.15) is 12.1 Å². The van der Waals surface area contributed by atoms with E-state index in [0.717, 1.165) is 9.13 Å². The van der Waals surface area contributed by atoms with Crippen molar-refractivity contribution in [2.45, 2.75) is 24.9 Å². The lowest BCUT2D eigenvalue weighted by Crippen LogP contribution is -2.57. The number of carboxylic acid groups (broad SMARTS) is 1. The molecule has 1 fully saturated rings. The Bertz CT molecular complexity index is 702. The lowest BCUT2D eigenvalue weighted by atomic mass is 9.92. The van der Waals surface area contributed by atoms with Crippen LogP contribution in [0.4, 0.5) is 0 Å². The number of hydrogen-bond donors (Lipinski definition) is 2. The summed E-state index contributed by atoms with van der Waals surface area (Å²) in [5.74, 6) is -0.303. The van der Waals surface area contributed by atoms with Crippen LogP contribution in [0.15, 0.2) is 21.9 Å². The summed E-state index contributed by atoms with van der Waals surface area (Å²) in [5, 5.41) is 11.9. The molecule has 1 aromatic rings. The Morgan fingerprint density at radius 2 is 2.00 bits per heavy atom. The Balaban J connectivity index is 2.16. The Hall–Kier alpha value is -2.03. The molecule has 0 aliphatic carbocycles. The Kier molecular flexibility index (Phi) is 4.74. The van der Waals surface area contributed by atoms with Crippen molar-refractivity contribution in [2.75, 3.05) is 11.5 Å². The molecular formula is C13H17N3O5S. The Morgan fingerprint density at radius 1 is 1.36 bits per heavy atom. The van der Waals surface area contributed by atoms with Crippen molar-refractivity contribution in [3.63, 3.8) is 0 Å². The van der Waals surface area contributed by atoms with Crippen LogP contribution in [0.3, 0.4) is 0 Å². The van der Waals surface area contributed by atoms with Crippen LogP contribution in [-0.4, -0.2) is 43.2 Å². The van der Waals surface area contributed by atoms with E-state index in [1.165, 1.54) is 19.3 Å². The van der Waals surface area contributed by atoms with Crippen LogP contribution in [0, 0.1) is 0 Å². The summed E-state index contributed by atoms with van der Waals surface area (Å²) in [4.78, 5) is 46.8. The predicted octanol–water partition coefficient (Wildman–Crippen LogP) is -0.986. The fourth-order valence-corrected chi connectivity index (χ4v) is 3.50. The molecule has 0 bridgehead atoms. The lowest BCUT2D eigenvalue weighted by molar-refractivity contribution is -0.148. The first-order valence-corrected chi connectivity index (χ1v) is 7.90. The van der Waals surface area contributed by atoms with Crippen LogP contribution in [-0.2, 0) is 23.2 Å². The molecule has 1 aromatic heterocycles. The van der Waals surface area contributed by atoms with Gasteiger partial charge in [0, 0.05) is 19.3 Å². The monoisotopic (exact) mass is 327 g/mol. The van der Waals surface area contributed by atoms with E-state index in [1.807, 2.05) is 0 Å². The van der Waals surface area contributed by atoms with E-state index in [1.54, 1.807) is 11.8 Å². The average molecular weight is 327 g/mol. The van der Waals surface area contributed by atoms with Crippen molar-refractivity contribution in [1.29, 1.82) is 0 Å². The fraction of sp³-hybridized carbons (Fsp3) is 0.538. The van der Waals surface area contributed by atoms with E-state index < -0.39 is 28.7 Å². The second-order valence-electron chi connectivity index (χ2n) is 5.17. The number of aromatic nitrogens is 2. The normalized spacial score (nSPS) is 17.0. The number of rotatable bonds is 4. The molecule has 120 valence electrons. The number of aliphatic carboxylic acids is 1. The van der Waals surface area contributed by atoms with Gasteiger partial charge in [0.2, 0.25) is 5.91 Å². The van der Waals surface area contributed by atoms with Gasteiger partial charge in [-0.25, -0.2) is 9.59 Å². The molecule has 2 N–H and O–H groups in total. The first-order chi connectivity index (χ1) is 10.4. The molecule has 0 unspecified atom stereocenters. The zero-order valence-corrected chi connectivity index (χ0v) is 12.9. The molecule has 8 nitrogen and oxygen atoms in total. The highest BCUT2D eigenvalue weighted by atomic mass is 32.2. The number of nitrogens with one attached hydrogen (secondary N) is 1. The molecule has 0 spiro atoms. The van der Waals surface area contributed by atoms with E-state index in [4.69, 9.17) is 0 Å². The van der Waals surface area contributed by atoms with Crippen molar-refractivity contribution in [3.05, 3.63) is 33.1 Å². The van der Waals surface area contributed by atoms with Crippen LogP contribution in [0.25, 0.3) is 0 Å². The first-order valence-electron chi connectivity index (χ1n) is 6.74. The van der Waals surface area contributed by atoms with Crippen LogP contribution in [0.2, 0.25) is 0 Å². The molecule has 0 radical (unpaired) electrons. The quantitative estimate of drug-likeness (QED) is 0.735. The Morgan fingerprint density at radius 3 is 2.59 bits per heavy atom. The molecule has 1 aliphatic rings. The van der Waals surface area contributed by atoms with E-state index in [-0.39, 0.29) is 6.54 Å². The largest absolute Gasteiger partial charge is 0.480 e. The zero-order valence-electron chi connectivity index (χ0n) is 12.1. The third-order valence-electron chi connectivity index (χ3n) is 3.71. The summed E-state index contributed by atoms with van der Waals surface area (Å²) < 4.78 is 1.96. The summed E-state index contributed by atoms with van der Waals surface area (Å²) in [7, 11) is 1.32. The SMILES string of the molecule is Cn1c(=O)ccn(CC(=O)NC2(C(=O)O)CCSCC2)c1=O. The van der Waals surface area contributed by atoms with Crippen LogP contribution in [0.5, 0.6) is 0 Å². The van der Waals surface area contributed by atoms with E-state index in [9.17, 15) is 24.3 Å². The lowest BCUT2D eigenvalue weighted by Gasteiger charge is -2.33. The van der Waals surface area contributed by atoms with Gasteiger partial charge in [-0.15, -0.1) is 0 Å². The van der Waals surface area contributed by atoms with Gasteiger partial charge < -0.3 is 10.4 Å². The van der Waals surface area contributed by atoms with Gasteiger partial charge in [0.15, 0.2) is 0 Å². The van der Waals surface area contributed by atoms with Gasteiger partial charge in [-0.2, -0.15) is 11.8 Å². The van der Waals surface area contributed by atoms with E-state index in [2.05, 4.69) is 5.32 Å². The smallest absolute Gasteiger partial charge is 0.331 e. The molecule has 22 heavy (non-hydrogen) atoms. The zero-order chi connectivity index (χ0) is 16.3. The molecule has 1 amide bonds. The minimum absolute atomic E-state index is 0.324. The minimum Gasteiger partial charge on any atom is -0.480 e. The molecule has 1 aliphatic heterocycles. The van der Waals surface area contributed by atoms with Gasteiger partial charge in [0.05, 0.1) is 0 Å². The van der Waals surface area contributed by atoms with Crippen molar-refractivity contribution in [3.8, 4) is 0 Å². The predicted molar refractivity (Wildman–Crippen MR) is 81.0 cm³/mol. The minimum atomic E-state index is -1.27. The van der Waals surface area contributed by atoms with Crippen molar-refractivity contribution < 1.29 is 14.7 Å². The first kappa shape index (κ1) is 16.3. The number of carbonyl (C=O) groups is 2. The number of nitrogens with zero attached hydrogens (tertiary/aromatic N) is 2. The summed E-state index contributed by atoms with van der Waals surface area (Å²) >= 11 is 1.64. The number of thioether (sulfide) groups is 1. The highest BCUT2D eigenvalue weighted by molar-refractivity contribution is 7.99. The van der Waals surface area contributed by atoms with Gasteiger partial charge in [-0.3, -0.25) is 18.7 Å². The third kappa shape index (κ3) is 3.24. The maximum atomic E-state index is 12.1. The molecule has 2 rings (SSSR count). The van der Waals surface area contributed by atoms with E-state index in [0.29, 0.717) is 24.3 Å².